The molecular formula is C30H35ClN2O7. The van der Waals surface area contributed by atoms with Gasteiger partial charge in [-0.1, -0.05) is 50.6 Å². The van der Waals surface area contributed by atoms with Crippen LogP contribution in [-0.4, -0.2) is 66.7 Å². The Balaban J connectivity index is 1.61. The van der Waals surface area contributed by atoms with Gasteiger partial charge in [-0.2, -0.15) is 0 Å². The number of hydrogen-bond acceptors (Lipinski definition) is 6. The fraction of sp³-hybridized carbons (Fsp3) is 0.500. The van der Waals surface area contributed by atoms with Gasteiger partial charge in [0, 0.05) is 35.3 Å². The van der Waals surface area contributed by atoms with Crippen molar-refractivity contribution in [2.45, 2.75) is 58.3 Å². The van der Waals surface area contributed by atoms with Crippen molar-refractivity contribution >= 4 is 35.1 Å². The molecule has 1 N–H and O–H groups in total. The Morgan fingerprint density at radius 1 is 1.18 bits per heavy atom. The Bertz CT molecular complexity index is 1320. The largest absolute Gasteiger partial charge is 0.496 e. The number of amides is 2. The van der Waals surface area contributed by atoms with Crippen LogP contribution in [0.2, 0.25) is 5.02 Å². The second-order valence-electron chi connectivity index (χ2n) is 11.7. The van der Waals surface area contributed by atoms with Crippen molar-refractivity contribution in [3.05, 3.63) is 52.5 Å². The van der Waals surface area contributed by atoms with Gasteiger partial charge in [0.05, 0.1) is 31.2 Å². The first kappa shape index (κ1) is 28.2. The summed E-state index contributed by atoms with van der Waals surface area (Å²) in [7, 11) is 1.56. The first-order valence-electron chi connectivity index (χ1n) is 13.6. The zero-order valence-corrected chi connectivity index (χ0v) is 23.9. The average molecular weight is 571 g/mol. The number of ether oxygens (including phenoxy) is 3. The standard InChI is InChI=1S/C30H35ClN2O7/c1-30(2,3)24-16-39-22-13-18(31)12-20-26(22)33(24)28(35)23(40-27(20)19-9-5-6-10-21(19)38-4)14-25(34)32-11-7-8-17(15-32)29(36)37/h5-6,9-10,12-13,17,23-24,27H,7-8,11,14-16H2,1-4H3,(H,36,37)/t17?,23-,24+,27-/m1/s1. The molecule has 2 aromatic rings. The third-order valence-corrected chi connectivity index (χ3v) is 8.24. The number of halogens is 1. The maximum atomic E-state index is 14.4. The predicted octanol–water partition coefficient (Wildman–Crippen LogP) is 4.69. The van der Waals surface area contributed by atoms with Crippen LogP contribution in [0.4, 0.5) is 5.69 Å². The van der Waals surface area contributed by atoms with Crippen molar-refractivity contribution in [2.75, 3.05) is 31.7 Å². The van der Waals surface area contributed by atoms with Crippen molar-refractivity contribution in [3.63, 3.8) is 0 Å². The Morgan fingerprint density at radius 3 is 2.62 bits per heavy atom. The van der Waals surface area contributed by atoms with Gasteiger partial charge in [-0.25, -0.2) is 0 Å². The minimum absolute atomic E-state index is 0.118. The molecule has 9 nitrogen and oxygen atoms in total. The maximum Gasteiger partial charge on any atom is 0.308 e. The summed E-state index contributed by atoms with van der Waals surface area (Å²) in [6, 6.07) is 10.5. The molecule has 3 heterocycles. The summed E-state index contributed by atoms with van der Waals surface area (Å²) in [6.45, 7) is 6.94. The molecule has 3 aliphatic heterocycles. The van der Waals surface area contributed by atoms with Crippen LogP contribution in [0.25, 0.3) is 0 Å². The molecule has 0 aromatic heterocycles. The lowest BCUT2D eigenvalue weighted by molar-refractivity contribution is -0.149. The van der Waals surface area contributed by atoms with E-state index in [1.807, 2.05) is 45.0 Å². The van der Waals surface area contributed by atoms with Crippen LogP contribution >= 0.6 is 11.6 Å². The number of carboxylic acid groups (broad SMARTS) is 1. The maximum absolute atomic E-state index is 14.4. The lowest BCUT2D eigenvalue weighted by Crippen LogP contribution is -2.56. The summed E-state index contributed by atoms with van der Waals surface area (Å²) in [5.41, 5.74) is 1.55. The van der Waals surface area contributed by atoms with Crippen LogP contribution < -0.4 is 14.4 Å². The van der Waals surface area contributed by atoms with Gasteiger partial charge >= 0.3 is 5.97 Å². The van der Waals surface area contributed by atoms with Crippen LogP contribution in [0.5, 0.6) is 11.5 Å². The van der Waals surface area contributed by atoms with E-state index in [1.165, 1.54) is 4.90 Å². The number of methoxy groups -OCH3 is 1. The zero-order valence-electron chi connectivity index (χ0n) is 23.2. The van der Waals surface area contributed by atoms with E-state index in [2.05, 4.69) is 0 Å². The predicted molar refractivity (Wildman–Crippen MR) is 149 cm³/mol. The highest BCUT2D eigenvalue weighted by atomic mass is 35.5. The zero-order chi connectivity index (χ0) is 28.8. The Morgan fingerprint density at radius 2 is 1.93 bits per heavy atom. The summed E-state index contributed by atoms with van der Waals surface area (Å²) in [6.07, 6.45) is -1.02. The van der Waals surface area contributed by atoms with Crippen LogP contribution in [0, 0.1) is 11.3 Å². The highest BCUT2D eigenvalue weighted by Gasteiger charge is 2.48. The number of hydrogen-bond donors (Lipinski definition) is 1. The Labute approximate surface area is 238 Å². The fourth-order valence-corrected chi connectivity index (χ4v) is 6.08. The second-order valence-corrected chi connectivity index (χ2v) is 12.1. The number of benzene rings is 2. The Kier molecular flexibility index (Phi) is 7.72. The lowest BCUT2D eigenvalue weighted by atomic mass is 9.84. The van der Waals surface area contributed by atoms with Gasteiger partial charge in [0.15, 0.2) is 0 Å². The summed E-state index contributed by atoms with van der Waals surface area (Å²) in [5, 5.41) is 9.95. The third-order valence-electron chi connectivity index (χ3n) is 8.02. The molecule has 2 aromatic carbocycles. The topological polar surface area (TPSA) is 106 Å². The SMILES string of the molecule is COc1ccccc1[C@H]1O[C@H](CC(=O)N2CCCC(C(=O)O)C2)C(=O)N2c3c(cc(Cl)cc31)OC[C@H]2C(C)(C)C. The van der Waals surface area contributed by atoms with Gasteiger partial charge < -0.3 is 24.2 Å². The van der Waals surface area contributed by atoms with E-state index in [4.69, 9.17) is 25.8 Å². The number of piperidine rings is 1. The quantitative estimate of drug-likeness (QED) is 0.556. The molecule has 0 aliphatic carbocycles. The van der Waals surface area contributed by atoms with Crippen LogP contribution in [0.1, 0.15) is 57.3 Å². The molecule has 5 rings (SSSR count). The number of aliphatic carboxylic acids is 1. The molecule has 3 aliphatic rings. The smallest absolute Gasteiger partial charge is 0.308 e. The van der Waals surface area contributed by atoms with Gasteiger partial charge in [-0.05, 0) is 30.4 Å². The van der Waals surface area contributed by atoms with E-state index >= 15 is 0 Å². The van der Waals surface area contributed by atoms with E-state index in [1.54, 1.807) is 24.1 Å². The fourth-order valence-electron chi connectivity index (χ4n) is 5.87. The molecule has 1 saturated heterocycles. The normalized spacial score (nSPS) is 24.6. The first-order chi connectivity index (χ1) is 19.0. The second kappa shape index (κ2) is 10.9. The minimum atomic E-state index is -1.13. The van der Waals surface area contributed by atoms with Crippen molar-refractivity contribution in [3.8, 4) is 11.5 Å². The molecule has 10 heteroatoms. The van der Waals surface area contributed by atoms with Gasteiger partial charge in [0.1, 0.15) is 30.3 Å². The number of likely N-dealkylation sites (tertiary alicyclic amines) is 1. The van der Waals surface area contributed by atoms with Crippen molar-refractivity contribution in [2.24, 2.45) is 11.3 Å². The molecule has 40 heavy (non-hydrogen) atoms. The first-order valence-corrected chi connectivity index (χ1v) is 14.0. The van der Waals surface area contributed by atoms with Crippen LogP contribution in [0.15, 0.2) is 36.4 Å². The minimum Gasteiger partial charge on any atom is -0.496 e. The molecule has 0 radical (unpaired) electrons. The van der Waals surface area contributed by atoms with E-state index in [-0.39, 0.29) is 42.8 Å². The van der Waals surface area contributed by atoms with Gasteiger partial charge in [-0.3, -0.25) is 19.3 Å². The van der Waals surface area contributed by atoms with Gasteiger partial charge in [0.2, 0.25) is 5.91 Å². The summed E-state index contributed by atoms with van der Waals surface area (Å²) >= 11 is 6.56. The Hall–Kier alpha value is -3.30. The summed E-state index contributed by atoms with van der Waals surface area (Å²) in [5.74, 6) is -1.15. The molecule has 0 saturated carbocycles. The molecule has 0 bridgehead atoms. The highest BCUT2D eigenvalue weighted by molar-refractivity contribution is 6.31. The number of carbonyl (C=O) groups excluding carboxylic acids is 2. The van der Waals surface area contributed by atoms with Crippen LogP contribution in [0.3, 0.4) is 0 Å². The lowest BCUT2D eigenvalue weighted by Gasteiger charge is -2.44. The van der Waals surface area contributed by atoms with Crippen LogP contribution in [-0.2, 0) is 19.1 Å². The van der Waals surface area contributed by atoms with E-state index in [0.717, 1.165) is 0 Å². The van der Waals surface area contributed by atoms with E-state index in [0.29, 0.717) is 52.7 Å². The average Bonchev–Trinajstić information content (AvgIpc) is 3.03. The number of carboxylic acids is 1. The third kappa shape index (κ3) is 5.24. The van der Waals surface area contributed by atoms with Gasteiger partial charge in [0.25, 0.3) is 5.91 Å². The molecule has 1 unspecified atom stereocenters. The van der Waals surface area contributed by atoms with Gasteiger partial charge in [-0.15, -0.1) is 0 Å². The van der Waals surface area contributed by atoms with E-state index in [9.17, 15) is 19.5 Å². The van der Waals surface area contributed by atoms with E-state index < -0.39 is 24.1 Å². The van der Waals surface area contributed by atoms with Crippen molar-refractivity contribution in [1.82, 2.24) is 4.90 Å². The molecular weight excluding hydrogens is 536 g/mol. The number of para-hydroxylation sites is 1. The number of carbonyl (C=O) groups is 3. The number of nitrogens with zero attached hydrogens (tertiary/aromatic N) is 2. The molecule has 214 valence electrons. The molecule has 1 fully saturated rings. The highest BCUT2D eigenvalue weighted by Crippen LogP contribution is 2.50. The van der Waals surface area contributed by atoms with Crippen molar-refractivity contribution in [1.29, 1.82) is 0 Å². The summed E-state index contributed by atoms with van der Waals surface area (Å²) < 4.78 is 18.4. The number of anilines is 1. The molecule has 2 amide bonds. The monoisotopic (exact) mass is 570 g/mol. The summed E-state index contributed by atoms with van der Waals surface area (Å²) in [4.78, 5) is 42.8. The molecule has 4 atom stereocenters. The number of rotatable bonds is 5. The van der Waals surface area contributed by atoms with Crippen molar-refractivity contribution < 1.29 is 33.7 Å². The molecule has 0 spiro atoms.